The van der Waals surface area contributed by atoms with E-state index in [1.54, 1.807) is 36.5 Å². The van der Waals surface area contributed by atoms with Crippen molar-refractivity contribution >= 4 is 5.82 Å². The molecular weight excluding hydrogens is 430 g/mol. The van der Waals surface area contributed by atoms with Crippen LogP contribution in [0.3, 0.4) is 0 Å². The number of halogens is 2. The van der Waals surface area contributed by atoms with Crippen LogP contribution in [-0.4, -0.2) is 63.7 Å². The van der Waals surface area contributed by atoms with Gasteiger partial charge in [-0.15, -0.1) is 15.3 Å². The van der Waals surface area contributed by atoms with Gasteiger partial charge in [0.1, 0.15) is 5.75 Å². The maximum atomic E-state index is 14.0. The number of phenolic OH excluding ortho intramolecular Hbond substituents is 1. The van der Waals surface area contributed by atoms with Crippen LogP contribution in [0.15, 0.2) is 42.6 Å². The predicted octanol–water partition coefficient (Wildman–Crippen LogP) is 3.28. The Bertz CT molecular complexity index is 1160. The van der Waals surface area contributed by atoms with Gasteiger partial charge in [0.2, 0.25) is 5.88 Å². The van der Waals surface area contributed by atoms with Crippen molar-refractivity contribution < 1.29 is 18.6 Å². The second-order valence-electron chi connectivity index (χ2n) is 8.61. The molecule has 172 valence electrons. The van der Waals surface area contributed by atoms with Crippen molar-refractivity contribution in [2.75, 3.05) is 19.1 Å². The average molecular weight is 454 g/mol. The quantitative estimate of drug-likeness (QED) is 0.607. The third-order valence-electron chi connectivity index (χ3n) is 6.54. The Morgan fingerprint density at radius 1 is 1.09 bits per heavy atom. The van der Waals surface area contributed by atoms with E-state index in [4.69, 9.17) is 4.74 Å². The fourth-order valence-electron chi connectivity index (χ4n) is 4.72. The van der Waals surface area contributed by atoms with Gasteiger partial charge in [-0.05, 0) is 42.7 Å². The molecule has 2 aliphatic rings. The van der Waals surface area contributed by atoms with Gasteiger partial charge in [-0.3, -0.25) is 0 Å². The summed E-state index contributed by atoms with van der Waals surface area (Å²) in [6.07, 6.45) is 2.48. The lowest BCUT2D eigenvalue weighted by atomic mass is 9.98. The number of methoxy groups -OCH3 is 1. The van der Waals surface area contributed by atoms with Crippen LogP contribution in [0, 0.1) is 0 Å². The normalized spacial score (nSPS) is 23.3. The molecule has 3 atom stereocenters. The highest BCUT2D eigenvalue weighted by molar-refractivity contribution is 5.74. The molecular formula is C23H24F2N6O2. The first-order chi connectivity index (χ1) is 15.8. The van der Waals surface area contributed by atoms with Crippen molar-refractivity contribution in [2.24, 2.45) is 0 Å². The van der Waals surface area contributed by atoms with Gasteiger partial charge in [-0.25, -0.2) is 8.78 Å². The molecule has 2 aliphatic heterocycles. The molecule has 2 saturated heterocycles. The van der Waals surface area contributed by atoms with Crippen molar-refractivity contribution in [2.45, 2.75) is 43.3 Å². The topological polar surface area (TPSA) is 96.3 Å². The van der Waals surface area contributed by atoms with Gasteiger partial charge in [0.25, 0.3) is 5.92 Å². The number of nitrogens with zero attached hydrogens (tertiary/aromatic N) is 5. The number of phenols is 1. The summed E-state index contributed by atoms with van der Waals surface area (Å²) < 4.78 is 33.2. The van der Waals surface area contributed by atoms with Gasteiger partial charge in [-0.2, -0.15) is 5.10 Å². The highest BCUT2D eigenvalue weighted by Crippen LogP contribution is 2.41. The molecule has 5 rings (SSSR count). The number of rotatable bonds is 5. The number of alkyl halides is 2. The minimum Gasteiger partial charge on any atom is -0.507 e. The summed E-state index contributed by atoms with van der Waals surface area (Å²) in [6, 6.07) is 9.53. The standard InChI is InChI=1S/C23H24F2N6O2/c1-31(16-9-15-11-23(24,25)20(10-16)27-15)21-6-5-18(28-29-21)17-4-3-13(7-19(17)32)14-8-22(33-2)30-26-12-14/h3-8,12,15-16,20,27,32H,9-11H2,1-2H3/t15-,16+,20-/m1/s1. The molecule has 0 saturated carbocycles. The molecule has 0 unspecified atom stereocenters. The first-order valence-electron chi connectivity index (χ1n) is 10.7. The molecule has 3 aromatic rings. The van der Waals surface area contributed by atoms with Crippen molar-refractivity contribution in [3.8, 4) is 34.0 Å². The number of hydrogen-bond acceptors (Lipinski definition) is 8. The van der Waals surface area contributed by atoms with E-state index in [1.165, 1.54) is 7.11 Å². The monoisotopic (exact) mass is 454 g/mol. The maximum Gasteiger partial charge on any atom is 0.264 e. The van der Waals surface area contributed by atoms with E-state index >= 15 is 0 Å². The Morgan fingerprint density at radius 3 is 2.64 bits per heavy atom. The summed E-state index contributed by atoms with van der Waals surface area (Å²) in [7, 11) is 3.37. The zero-order valence-electron chi connectivity index (χ0n) is 18.2. The molecule has 2 bridgehead atoms. The fraction of sp³-hybridized carbons (Fsp3) is 0.391. The molecule has 2 N–H and O–H groups in total. The van der Waals surface area contributed by atoms with Crippen molar-refractivity contribution in [1.82, 2.24) is 25.7 Å². The lowest BCUT2D eigenvalue weighted by Crippen LogP contribution is -2.49. The lowest BCUT2D eigenvalue weighted by molar-refractivity contribution is -0.0128. The smallest absolute Gasteiger partial charge is 0.264 e. The molecule has 8 nitrogen and oxygen atoms in total. The first kappa shape index (κ1) is 21.4. The van der Waals surface area contributed by atoms with Crippen LogP contribution in [0.1, 0.15) is 19.3 Å². The van der Waals surface area contributed by atoms with Crippen molar-refractivity contribution in [3.05, 3.63) is 42.6 Å². The minimum atomic E-state index is -2.66. The number of piperidine rings is 1. The summed E-state index contributed by atoms with van der Waals surface area (Å²) in [5.74, 6) is -1.61. The molecule has 0 radical (unpaired) electrons. The zero-order valence-corrected chi connectivity index (χ0v) is 18.2. The predicted molar refractivity (Wildman–Crippen MR) is 118 cm³/mol. The Morgan fingerprint density at radius 2 is 1.94 bits per heavy atom. The van der Waals surface area contributed by atoms with Gasteiger partial charge >= 0.3 is 0 Å². The third-order valence-corrected chi connectivity index (χ3v) is 6.54. The summed E-state index contributed by atoms with van der Waals surface area (Å²) in [4.78, 5) is 1.92. The van der Waals surface area contributed by atoms with Crippen LogP contribution in [0.5, 0.6) is 11.6 Å². The van der Waals surface area contributed by atoms with Crippen LogP contribution in [0.4, 0.5) is 14.6 Å². The summed E-state index contributed by atoms with van der Waals surface area (Å²) in [5, 5.41) is 30.0. The number of aromatic nitrogens is 4. The van der Waals surface area contributed by atoms with Gasteiger partial charge in [0, 0.05) is 42.7 Å². The first-order valence-corrected chi connectivity index (χ1v) is 10.7. The molecule has 0 amide bonds. The molecule has 4 heterocycles. The molecule has 0 spiro atoms. The zero-order chi connectivity index (χ0) is 23.2. The van der Waals surface area contributed by atoms with Crippen LogP contribution in [0.2, 0.25) is 0 Å². The number of hydrogen-bond donors (Lipinski definition) is 2. The number of anilines is 1. The third kappa shape index (κ3) is 4.06. The number of benzene rings is 1. The maximum absolute atomic E-state index is 14.0. The lowest BCUT2D eigenvalue weighted by Gasteiger charge is -2.36. The van der Waals surface area contributed by atoms with Gasteiger partial charge in [0.05, 0.1) is 25.0 Å². The highest BCUT2D eigenvalue weighted by atomic mass is 19.3. The molecule has 0 aliphatic carbocycles. The molecule has 10 heteroatoms. The number of aromatic hydroxyl groups is 1. The molecule has 2 aromatic heterocycles. The fourth-order valence-corrected chi connectivity index (χ4v) is 4.72. The number of nitrogens with one attached hydrogen (secondary N) is 1. The molecule has 2 fully saturated rings. The molecule has 1 aromatic carbocycles. The van der Waals surface area contributed by atoms with E-state index in [0.717, 1.165) is 11.1 Å². The van der Waals surface area contributed by atoms with E-state index in [1.807, 2.05) is 18.0 Å². The average Bonchev–Trinajstić information content (AvgIpc) is 3.04. The van der Waals surface area contributed by atoms with Crippen LogP contribution in [0.25, 0.3) is 22.4 Å². The Hall–Kier alpha value is -3.40. The van der Waals surface area contributed by atoms with Gasteiger partial charge in [-0.1, -0.05) is 6.07 Å². The van der Waals surface area contributed by atoms with Gasteiger partial charge < -0.3 is 20.1 Å². The SMILES string of the molecule is COc1cc(-c2ccc(-c3ccc(N(C)[C@H]4C[C@@H]5CC(F)(F)[C@@H](C4)N5)nn3)c(O)c2)cnn1. The van der Waals surface area contributed by atoms with Crippen LogP contribution < -0.4 is 15.0 Å². The Kier molecular flexibility index (Phi) is 5.32. The van der Waals surface area contributed by atoms with Gasteiger partial charge in [0.15, 0.2) is 5.82 Å². The molecule has 33 heavy (non-hydrogen) atoms. The van der Waals surface area contributed by atoms with Crippen LogP contribution >= 0.6 is 0 Å². The number of fused-ring (bicyclic) bond motifs is 2. The largest absolute Gasteiger partial charge is 0.507 e. The Balaban J connectivity index is 1.33. The summed E-state index contributed by atoms with van der Waals surface area (Å²) >= 11 is 0. The van der Waals surface area contributed by atoms with E-state index in [0.29, 0.717) is 35.8 Å². The summed E-state index contributed by atoms with van der Waals surface area (Å²) in [5.41, 5.74) is 2.56. The summed E-state index contributed by atoms with van der Waals surface area (Å²) in [6.45, 7) is 0. The van der Waals surface area contributed by atoms with Crippen molar-refractivity contribution in [1.29, 1.82) is 0 Å². The van der Waals surface area contributed by atoms with E-state index in [-0.39, 0.29) is 24.3 Å². The number of ether oxygens (including phenoxy) is 1. The second-order valence-corrected chi connectivity index (χ2v) is 8.61. The highest BCUT2D eigenvalue weighted by Gasteiger charge is 2.53. The van der Waals surface area contributed by atoms with E-state index < -0.39 is 12.0 Å². The van der Waals surface area contributed by atoms with Crippen LogP contribution in [-0.2, 0) is 0 Å². The van der Waals surface area contributed by atoms with E-state index in [9.17, 15) is 13.9 Å². The second kappa shape index (κ2) is 8.18. The van der Waals surface area contributed by atoms with E-state index in [2.05, 4.69) is 25.7 Å². The minimum absolute atomic E-state index is 0.0339. The Labute approximate surface area is 189 Å². The van der Waals surface area contributed by atoms with Crippen molar-refractivity contribution in [3.63, 3.8) is 0 Å².